The molecule has 0 radical (unpaired) electrons. The molecule has 2 aromatic rings. The van der Waals surface area contributed by atoms with Crippen molar-refractivity contribution in [2.75, 3.05) is 7.11 Å². The van der Waals surface area contributed by atoms with Gasteiger partial charge in [-0.1, -0.05) is 17.5 Å². The SMILES string of the molecule is CCc1nnsc1C(Cc1ccc(OC)c(Br)c1)NN. The Morgan fingerprint density at radius 1 is 1.50 bits per heavy atom. The fraction of sp³-hybridized carbons (Fsp3) is 0.385. The van der Waals surface area contributed by atoms with Gasteiger partial charge in [0, 0.05) is 0 Å². The Morgan fingerprint density at radius 3 is 2.90 bits per heavy atom. The summed E-state index contributed by atoms with van der Waals surface area (Å²) in [5, 5.41) is 4.13. The summed E-state index contributed by atoms with van der Waals surface area (Å²) >= 11 is 4.90. The average molecular weight is 357 g/mol. The number of hydrogen-bond donors (Lipinski definition) is 2. The van der Waals surface area contributed by atoms with Crippen LogP contribution >= 0.6 is 27.5 Å². The minimum atomic E-state index is 0.0187. The highest BCUT2D eigenvalue weighted by Gasteiger charge is 2.18. The highest BCUT2D eigenvalue weighted by atomic mass is 79.9. The molecule has 0 saturated carbocycles. The van der Waals surface area contributed by atoms with Gasteiger partial charge in [-0.3, -0.25) is 11.3 Å². The van der Waals surface area contributed by atoms with E-state index in [0.717, 1.165) is 39.2 Å². The molecular weight excluding hydrogens is 340 g/mol. The molecule has 1 atom stereocenters. The van der Waals surface area contributed by atoms with Crippen LogP contribution in [0.4, 0.5) is 0 Å². The van der Waals surface area contributed by atoms with Crippen LogP contribution in [0.2, 0.25) is 0 Å². The number of hydrazine groups is 1. The van der Waals surface area contributed by atoms with E-state index in [1.807, 2.05) is 18.2 Å². The van der Waals surface area contributed by atoms with E-state index in [1.54, 1.807) is 7.11 Å². The fourth-order valence-electron chi connectivity index (χ4n) is 2.03. The quantitative estimate of drug-likeness (QED) is 0.614. The molecule has 2 rings (SSSR count). The van der Waals surface area contributed by atoms with Crippen LogP contribution in [0.25, 0.3) is 0 Å². The van der Waals surface area contributed by atoms with Crippen molar-refractivity contribution in [3.63, 3.8) is 0 Å². The molecule has 0 fully saturated rings. The Hall–Kier alpha value is -1.02. The van der Waals surface area contributed by atoms with Gasteiger partial charge in [-0.25, -0.2) is 0 Å². The van der Waals surface area contributed by atoms with Gasteiger partial charge in [-0.05, 0) is 58.0 Å². The lowest BCUT2D eigenvalue weighted by Gasteiger charge is -2.15. The molecular formula is C13H17BrN4OS. The summed E-state index contributed by atoms with van der Waals surface area (Å²) in [5.74, 6) is 6.51. The molecule has 108 valence electrons. The van der Waals surface area contributed by atoms with Crippen molar-refractivity contribution in [1.82, 2.24) is 15.0 Å². The first-order valence-corrected chi connectivity index (χ1v) is 7.85. The second kappa shape index (κ2) is 7.12. The summed E-state index contributed by atoms with van der Waals surface area (Å²) in [6, 6.07) is 6.04. The number of aromatic nitrogens is 2. The second-order valence-electron chi connectivity index (χ2n) is 4.33. The standard InChI is InChI=1S/C13H17BrN4OS/c1-3-10-13(20-18-17-10)11(16-15)7-8-4-5-12(19-2)9(14)6-8/h4-6,11,16H,3,7,15H2,1-2H3. The summed E-state index contributed by atoms with van der Waals surface area (Å²) < 4.78 is 10.2. The Morgan fingerprint density at radius 2 is 2.30 bits per heavy atom. The van der Waals surface area contributed by atoms with Gasteiger partial charge in [0.2, 0.25) is 0 Å². The predicted molar refractivity (Wildman–Crippen MR) is 83.7 cm³/mol. The first-order valence-electron chi connectivity index (χ1n) is 6.29. The van der Waals surface area contributed by atoms with Gasteiger partial charge < -0.3 is 4.74 Å². The minimum absolute atomic E-state index is 0.0187. The molecule has 1 unspecified atom stereocenters. The normalized spacial score (nSPS) is 12.4. The zero-order chi connectivity index (χ0) is 14.5. The van der Waals surface area contributed by atoms with Crippen molar-refractivity contribution in [2.45, 2.75) is 25.8 Å². The van der Waals surface area contributed by atoms with Gasteiger partial charge >= 0.3 is 0 Å². The molecule has 0 saturated heterocycles. The summed E-state index contributed by atoms with van der Waals surface area (Å²) in [6.07, 6.45) is 1.63. The molecule has 3 N–H and O–H groups in total. The molecule has 0 amide bonds. The van der Waals surface area contributed by atoms with Gasteiger partial charge in [0.15, 0.2) is 0 Å². The van der Waals surface area contributed by atoms with Crippen LogP contribution in [0.15, 0.2) is 22.7 Å². The topological polar surface area (TPSA) is 73.1 Å². The second-order valence-corrected chi connectivity index (χ2v) is 5.97. The molecule has 20 heavy (non-hydrogen) atoms. The molecule has 7 heteroatoms. The van der Waals surface area contributed by atoms with Gasteiger partial charge in [0.1, 0.15) is 5.75 Å². The van der Waals surface area contributed by atoms with Crippen molar-refractivity contribution in [2.24, 2.45) is 5.84 Å². The zero-order valence-electron chi connectivity index (χ0n) is 11.4. The Balaban J connectivity index is 2.20. The molecule has 0 bridgehead atoms. The molecule has 0 aliphatic heterocycles. The summed E-state index contributed by atoms with van der Waals surface area (Å²) in [5.41, 5.74) is 5.03. The lowest BCUT2D eigenvalue weighted by molar-refractivity contribution is 0.412. The summed E-state index contributed by atoms with van der Waals surface area (Å²) in [6.45, 7) is 2.07. The van der Waals surface area contributed by atoms with Gasteiger partial charge in [0.05, 0.1) is 28.2 Å². The molecule has 0 aliphatic carbocycles. The van der Waals surface area contributed by atoms with Crippen LogP contribution in [0.3, 0.4) is 0 Å². The zero-order valence-corrected chi connectivity index (χ0v) is 13.8. The third kappa shape index (κ3) is 3.35. The smallest absolute Gasteiger partial charge is 0.133 e. The van der Waals surface area contributed by atoms with Gasteiger partial charge in [-0.2, -0.15) is 0 Å². The largest absolute Gasteiger partial charge is 0.496 e. The van der Waals surface area contributed by atoms with E-state index in [9.17, 15) is 0 Å². The van der Waals surface area contributed by atoms with Gasteiger partial charge in [0.25, 0.3) is 0 Å². The van der Waals surface area contributed by atoms with E-state index in [2.05, 4.69) is 37.9 Å². The number of aryl methyl sites for hydroxylation is 1. The number of nitrogens with one attached hydrogen (secondary N) is 1. The number of rotatable bonds is 6. The third-order valence-electron chi connectivity index (χ3n) is 3.09. The third-order valence-corrected chi connectivity index (χ3v) is 4.59. The van der Waals surface area contributed by atoms with E-state index < -0.39 is 0 Å². The number of methoxy groups -OCH3 is 1. The highest BCUT2D eigenvalue weighted by molar-refractivity contribution is 9.10. The fourth-order valence-corrected chi connectivity index (χ4v) is 3.41. The molecule has 1 heterocycles. The molecule has 0 spiro atoms. The van der Waals surface area contributed by atoms with E-state index in [0.29, 0.717) is 0 Å². The first-order chi connectivity index (χ1) is 9.69. The Kier molecular flexibility index (Phi) is 5.47. The number of ether oxygens (including phenoxy) is 1. The number of nitrogens with two attached hydrogens (primary N) is 1. The Bertz CT molecular complexity index is 575. The number of hydrogen-bond acceptors (Lipinski definition) is 6. The van der Waals surface area contributed by atoms with Crippen molar-refractivity contribution >= 4 is 27.5 Å². The molecule has 0 aliphatic rings. The maximum atomic E-state index is 5.69. The van der Waals surface area contributed by atoms with E-state index in [-0.39, 0.29) is 6.04 Å². The predicted octanol–water partition coefficient (Wildman–Crippen LogP) is 2.62. The van der Waals surface area contributed by atoms with Crippen molar-refractivity contribution in [3.8, 4) is 5.75 Å². The molecule has 1 aromatic carbocycles. The van der Waals surface area contributed by atoms with E-state index in [1.165, 1.54) is 11.5 Å². The number of halogens is 1. The van der Waals surface area contributed by atoms with Crippen LogP contribution in [0.1, 0.15) is 29.1 Å². The van der Waals surface area contributed by atoms with Crippen LogP contribution in [-0.4, -0.2) is 16.7 Å². The van der Waals surface area contributed by atoms with E-state index in [4.69, 9.17) is 10.6 Å². The lowest BCUT2D eigenvalue weighted by atomic mass is 10.0. The minimum Gasteiger partial charge on any atom is -0.496 e. The monoisotopic (exact) mass is 356 g/mol. The first kappa shape index (κ1) is 15.4. The number of nitrogens with zero attached hydrogens (tertiary/aromatic N) is 2. The van der Waals surface area contributed by atoms with Crippen LogP contribution < -0.4 is 16.0 Å². The highest BCUT2D eigenvalue weighted by Crippen LogP contribution is 2.29. The van der Waals surface area contributed by atoms with Crippen LogP contribution in [0.5, 0.6) is 5.75 Å². The van der Waals surface area contributed by atoms with E-state index >= 15 is 0 Å². The molecule has 5 nitrogen and oxygen atoms in total. The van der Waals surface area contributed by atoms with Gasteiger partial charge in [-0.15, -0.1) is 5.10 Å². The molecule has 1 aromatic heterocycles. The van der Waals surface area contributed by atoms with Crippen molar-refractivity contribution in [1.29, 1.82) is 0 Å². The Labute approximate surface area is 130 Å². The average Bonchev–Trinajstić information content (AvgIpc) is 2.93. The summed E-state index contributed by atoms with van der Waals surface area (Å²) in [7, 11) is 1.65. The number of benzene rings is 1. The maximum Gasteiger partial charge on any atom is 0.133 e. The lowest BCUT2D eigenvalue weighted by Crippen LogP contribution is -2.29. The van der Waals surface area contributed by atoms with Crippen molar-refractivity contribution in [3.05, 3.63) is 38.8 Å². The van der Waals surface area contributed by atoms with Crippen molar-refractivity contribution < 1.29 is 4.74 Å². The van der Waals surface area contributed by atoms with Crippen LogP contribution in [0, 0.1) is 0 Å². The van der Waals surface area contributed by atoms with Crippen LogP contribution in [-0.2, 0) is 12.8 Å². The maximum absolute atomic E-state index is 5.69. The summed E-state index contributed by atoms with van der Waals surface area (Å²) in [4.78, 5) is 1.10.